The Morgan fingerprint density at radius 1 is 0.889 bits per heavy atom. The summed E-state index contributed by atoms with van der Waals surface area (Å²) >= 11 is 0. The van der Waals surface area contributed by atoms with Gasteiger partial charge in [0.05, 0.1) is 12.1 Å². The summed E-state index contributed by atoms with van der Waals surface area (Å²) < 4.78 is 1.96. The van der Waals surface area contributed by atoms with Gasteiger partial charge >= 0.3 is 0 Å². The first-order valence-electron chi connectivity index (χ1n) is 8.58. The number of para-hydroxylation sites is 1. The third-order valence-corrected chi connectivity index (χ3v) is 4.32. The zero-order valence-corrected chi connectivity index (χ0v) is 14.3. The van der Waals surface area contributed by atoms with Crippen LogP contribution >= 0.6 is 0 Å². The largest absolute Gasteiger partial charge is 0.362 e. The molecule has 0 aliphatic rings. The van der Waals surface area contributed by atoms with E-state index < -0.39 is 0 Å². The molecular formula is C20H15N7. The minimum Gasteiger partial charge on any atom is -0.362 e. The first-order chi connectivity index (χ1) is 13.4. The van der Waals surface area contributed by atoms with Gasteiger partial charge in [0.1, 0.15) is 5.82 Å². The summed E-state index contributed by atoms with van der Waals surface area (Å²) in [5.74, 6) is 2.21. The maximum absolute atomic E-state index is 4.73. The average Bonchev–Trinajstić information content (AvgIpc) is 3.15. The number of hydrogen-bond acceptors (Lipinski definition) is 6. The van der Waals surface area contributed by atoms with Crippen LogP contribution in [-0.4, -0.2) is 29.5 Å². The summed E-state index contributed by atoms with van der Waals surface area (Å²) in [6.45, 7) is 0.499. The molecule has 1 aromatic carbocycles. The highest BCUT2D eigenvalue weighted by Gasteiger charge is 2.11. The molecule has 5 rings (SSSR count). The van der Waals surface area contributed by atoms with Crippen LogP contribution in [0.15, 0.2) is 73.2 Å². The zero-order valence-electron chi connectivity index (χ0n) is 14.3. The number of nitrogens with zero attached hydrogens (tertiary/aromatic N) is 6. The molecule has 1 N–H and O–H groups in total. The molecule has 0 saturated heterocycles. The summed E-state index contributed by atoms with van der Waals surface area (Å²) in [4.78, 5) is 13.6. The van der Waals surface area contributed by atoms with E-state index in [1.807, 2.05) is 65.2 Å². The highest BCUT2D eigenvalue weighted by Crippen LogP contribution is 2.24. The van der Waals surface area contributed by atoms with Crippen molar-refractivity contribution >= 4 is 22.4 Å². The highest BCUT2D eigenvalue weighted by atomic mass is 15.3. The molecule has 0 saturated carbocycles. The van der Waals surface area contributed by atoms with E-state index >= 15 is 0 Å². The van der Waals surface area contributed by atoms with Crippen molar-refractivity contribution < 1.29 is 0 Å². The second-order valence-electron chi connectivity index (χ2n) is 6.05. The molecule has 0 radical (unpaired) electrons. The van der Waals surface area contributed by atoms with Gasteiger partial charge in [-0.15, -0.1) is 10.2 Å². The van der Waals surface area contributed by atoms with Crippen LogP contribution in [0.4, 0.5) is 5.82 Å². The fraction of sp³-hybridized carbons (Fsp3) is 0.0500. The lowest BCUT2D eigenvalue weighted by Gasteiger charge is -2.10. The fourth-order valence-corrected chi connectivity index (χ4v) is 3.01. The third kappa shape index (κ3) is 2.85. The van der Waals surface area contributed by atoms with Crippen molar-refractivity contribution in [3.05, 3.63) is 79.0 Å². The van der Waals surface area contributed by atoms with E-state index in [1.165, 1.54) is 0 Å². The molecule has 7 nitrogen and oxygen atoms in total. The van der Waals surface area contributed by atoms with Crippen LogP contribution in [0.2, 0.25) is 0 Å². The van der Waals surface area contributed by atoms with Gasteiger partial charge in [-0.05, 0) is 36.4 Å². The standard InChI is InChI=1S/C20H15N7/c1-2-8-16-15(7-1)20(24-19(23-16)14-6-5-10-21-12-14)22-13-18-26-25-17-9-3-4-11-27(17)18/h1-12H,13H2,(H,22,23,24). The molecule has 0 bridgehead atoms. The number of rotatable bonds is 4. The molecule has 27 heavy (non-hydrogen) atoms. The zero-order chi connectivity index (χ0) is 18.1. The number of benzene rings is 1. The van der Waals surface area contributed by atoms with Crippen LogP contribution in [0.1, 0.15) is 5.82 Å². The van der Waals surface area contributed by atoms with Crippen LogP contribution in [0.3, 0.4) is 0 Å². The van der Waals surface area contributed by atoms with E-state index in [1.54, 1.807) is 12.4 Å². The van der Waals surface area contributed by atoms with Gasteiger partial charge in [0, 0.05) is 29.5 Å². The normalized spacial score (nSPS) is 11.1. The summed E-state index contributed by atoms with van der Waals surface area (Å²) in [6, 6.07) is 17.6. The summed E-state index contributed by atoms with van der Waals surface area (Å²) in [5.41, 5.74) is 2.57. The van der Waals surface area contributed by atoms with E-state index in [2.05, 4.69) is 25.5 Å². The van der Waals surface area contributed by atoms with Crippen LogP contribution in [0.25, 0.3) is 27.9 Å². The number of pyridine rings is 2. The maximum Gasteiger partial charge on any atom is 0.163 e. The summed E-state index contributed by atoms with van der Waals surface area (Å²) in [5, 5.41) is 12.8. The van der Waals surface area contributed by atoms with Crippen molar-refractivity contribution in [1.29, 1.82) is 0 Å². The number of nitrogens with one attached hydrogen (secondary N) is 1. The minimum absolute atomic E-state index is 0.499. The fourth-order valence-electron chi connectivity index (χ4n) is 3.01. The molecule has 7 heteroatoms. The molecule has 130 valence electrons. The van der Waals surface area contributed by atoms with Gasteiger partial charge < -0.3 is 5.32 Å². The molecule has 5 aromatic rings. The van der Waals surface area contributed by atoms with Crippen LogP contribution in [0, 0.1) is 0 Å². The lowest BCUT2D eigenvalue weighted by Crippen LogP contribution is -2.07. The Hall–Kier alpha value is -3.87. The minimum atomic E-state index is 0.499. The van der Waals surface area contributed by atoms with E-state index in [0.29, 0.717) is 12.4 Å². The second kappa shape index (κ2) is 6.45. The molecule has 4 heterocycles. The van der Waals surface area contributed by atoms with Crippen molar-refractivity contribution in [2.24, 2.45) is 0 Å². The Morgan fingerprint density at radius 2 is 1.81 bits per heavy atom. The Kier molecular flexibility index (Phi) is 3.68. The summed E-state index contributed by atoms with van der Waals surface area (Å²) in [7, 11) is 0. The van der Waals surface area contributed by atoms with Crippen LogP contribution in [-0.2, 0) is 6.54 Å². The molecule has 4 aromatic heterocycles. The molecule has 0 amide bonds. The smallest absolute Gasteiger partial charge is 0.163 e. The van der Waals surface area contributed by atoms with Crippen molar-refractivity contribution in [3.63, 3.8) is 0 Å². The Morgan fingerprint density at radius 3 is 2.74 bits per heavy atom. The number of fused-ring (bicyclic) bond motifs is 2. The van der Waals surface area contributed by atoms with E-state index in [4.69, 9.17) is 4.98 Å². The lowest BCUT2D eigenvalue weighted by atomic mass is 10.2. The Bertz CT molecular complexity index is 1230. The average molecular weight is 353 g/mol. The van der Waals surface area contributed by atoms with Crippen molar-refractivity contribution in [2.75, 3.05) is 5.32 Å². The molecular weight excluding hydrogens is 338 g/mol. The van der Waals surface area contributed by atoms with Gasteiger partial charge in [0.25, 0.3) is 0 Å². The van der Waals surface area contributed by atoms with Gasteiger partial charge in [-0.25, -0.2) is 9.97 Å². The van der Waals surface area contributed by atoms with Gasteiger partial charge in [-0.3, -0.25) is 9.38 Å². The maximum atomic E-state index is 4.73. The predicted octanol–water partition coefficient (Wildman–Crippen LogP) is 3.35. The quantitative estimate of drug-likeness (QED) is 0.534. The van der Waals surface area contributed by atoms with Crippen molar-refractivity contribution in [3.8, 4) is 11.4 Å². The first kappa shape index (κ1) is 15.4. The predicted molar refractivity (Wildman–Crippen MR) is 103 cm³/mol. The van der Waals surface area contributed by atoms with E-state index in [-0.39, 0.29) is 0 Å². The topological polar surface area (TPSA) is 80.9 Å². The number of hydrogen-bond donors (Lipinski definition) is 1. The Labute approximate surface area is 154 Å². The van der Waals surface area contributed by atoms with Gasteiger partial charge in [-0.2, -0.15) is 0 Å². The van der Waals surface area contributed by atoms with Crippen LogP contribution in [0.5, 0.6) is 0 Å². The number of aromatic nitrogens is 6. The van der Waals surface area contributed by atoms with Crippen LogP contribution < -0.4 is 5.32 Å². The third-order valence-electron chi connectivity index (χ3n) is 4.32. The van der Waals surface area contributed by atoms with Gasteiger partial charge in [-0.1, -0.05) is 18.2 Å². The number of anilines is 1. The molecule has 0 aliphatic heterocycles. The SMILES string of the molecule is c1cncc(-c2nc(NCc3nnc4ccccn34)c3ccccc3n2)c1. The highest BCUT2D eigenvalue weighted by molar-refractivity contribution is 5.90. The second-order valence-corrected chi connectivity index (χ2v) is 6.05. The molecule has 0 atom stereocenters. The molecule has 0 spiro atoms. The molecule has 0 fully saturated rings. The van der Waals surface area contributed by atoms with Gasteiger partial charge in [0.15, 0.2) is 17.3 Å². The van der Waals surface area contributed by atoms with E-state index in [9.17, 15) is 0 Å². The monoisotopic (exact) mass is 353 g/mol. The lowest BCUT2D eigenvalue weighted by molar-refractivity contribution is 0.913. The van der Waals surface area contributed by atoms with Crippen molar-refractivity contribution in [1.82, 2.24) is 29.5 Å². The first-order valence-corrected chi connectivity index (χ1v) is 8.58. The summed E-state index contributed by atoms with van der Waals surface area (Å²) in [6.07, 6.45) is 5.45. The Balaban J connectivity index is 1.55. The van der Waals surface area contributed by atoms with E-state index in [0.717, 1.165) is 33.8 Å². The molecule has 0 unspecified atom stereocenters. The molecule has 0 aliphatic carbocycles. The van der Waals surface area contributed by atoms with Crippen molar-refractivity contribution in [2.45, 2.75) is 6.54 Å². The van der Waals surface area contributed by atoms with Gasteiger partial charge in [0.2, 0.25) is 0 Å².